The number of phenolic OH excluding ortho intramolecular Hbond substituents is 1. The fourth-order valence-electron chi connectivity index (χ4n) is 0.915. The second kappa shape index (κ2) is 6.79. The van der Waals surface area contributed by atoms with Crippen LogP contribution < -0.4 is 5.10 Å². The van der Waals surface area contributed by atoms with Gasteiger partial charge in [0, 0.05) is 11.4 Å². The number of para-hydroxylation sites is 1. The van der Waals surface area contributed by atoms with Gasteiger partial charge < -0.3 is 10.2 Å². The van der Waals surface area contributed by atoms with Gasteiger partial charge in [0.1, 0.15) is 5.75 Å². The Labute approximate surface area is 102 Å². The summed E-state index contributed by atoms with van der Waals surface area (Å²) in [5, 5.41) is 23.2. The van der Waals surface area contributed by atoms with Crippen molar-refractivity contribution in [3.05, 3.63) is 24.3 Å². The van der Waals surface area contributed by atoms with E-state index in [2.05, 4.69) is 20.6 Å². The fourth-order valence-corrected chi connectivity index (χ4v) is 0.915. The molecule has 0 fully saturated rings. The quantitative estimate of drug-likeness (QED) is 0.803. The molecule has 78 valence electrons. The van der Waals surface area contributed by atoms with Crippen LogP contribution in [0.4, 0.5) is 0 Å². The Morgan fingerprint density at radius 3 is 2.47 bits per heavy atom. The zero-order valence-corrected chi connectivity index (χ0v) is 10.4. The predicted molar refractivity (Wildman–Crippen MR) is 52.0 cm³/mol. The van der Waals surface area contributed by atoms with Crippen LogP contribution in [-0.4, -0.2) is 20.6 Å². The Kier molecular flexibility index (Phi) is 5.64. The average Bonchev–Trinajstić information content (AvgIpc) is 2.72. The molecule has 0 saturated carbocycles. The first-order chi connectivity index (χ1) is 7.29. The Morgan fingerprint density at radius 1 is 1.27 bits per heavy atom. The van der Waals surface area contributed by atoms with E-state index in [1.807, 2.05) is 0 Å². The molecule has 0 bridgehead atoms. The third kappa shape index (κ3) is 3.79. The average molecular weight is 280 g/mol. The molecule has 1 aromatic carbocycles. The van der Waals surface area contributed by atoms with Gasteiger partial charge in [-0.3, -0.25) is 10.3 Å². The van der Waals surface area contributed by atoms with Crippen molar-refractivity contribution in [1.29, 1.82) is 0 Å². The molecule has 0 atom stereocenters. The number of benzene rings is 1. The summed E-state index contributed by atoms with van der Waals surface area (Å²) < 4.78 is 0. The molecule has 0 aliphatic carbocycles. The van der Waals surface area contributed by atoms with Crippen molar-refractivity contribution in [2.45, 2.75) is 0 Å². The van der Waals surface area contributed by atoms with Gasteiger partial charge in [0.15, 0.2) is 0 Å². The Morgan fingerprint density at radius 2 is 1.93 bits per heavy atom. The van der Waals surface area contributed by atoms with Crippen molar-refractivity contribution in [3.8, 4) is 17.1 Å². The van der Waals surface area contributed by atoms with Crippen molar-refractivity contribution in [2.75, 3.05) is 0 Å². The predicted octanol–water partition coefficient (Wildman–Crippen LogP) is 1.58. The van der Waals surface area contributed by atoms with Gasteiger partial charge in [-0.15, -0.1) is 0 Å². The molecular formula is C7H5Cl2N4OTi-. The first-order valence-electron chi connectivity index (χ1n) is 3.73. The third-order valence-electron chi connectivity index (χ3n) is 1.46. The van der Waals surface area contributed by atoms with Crippen molar-refractivity contribution >= 4 is 18.6 Å². The van der Waals surface area contributed by atoms with Gasteiger partial charge >= 0.3 is 35.6 Å². The Balaban J connectivity index is 0.000000337. The van der Waals surface area contributed by atoms with Gasteiger partial charge in [-0.2, -0.15) is 5.21 Å². The first kappa shape index (κ1) is 12.5. The third-order valence-corrected chi connectivity index (χ3v) is 1.46. The monoisotopic (exact) mass is 279 g/mol. The van der Waals surface area contributed by atoms with Gasteiger partial charge in [0.05, 0.1) is 0 Å². The molecule has 15 heavy (non-hydrogen) atoms. The van der Waals surface area contributed by atoms with Crippen LogP contribution in [0.25, 0.3) is 11.4 Å². The number of halogens is 2. The number of aromatic hydroxyl groups is 1. The van der Waals surface area contributed by atoms with Gasteiger partial charge in [-0.1, -0.05) is 18.2 Å². The fraction of sp³-hybridized carbons (Fsp3) is 0. The molecule has 0 amide bonds. The van der Waals surface area contributed by atoms with E-state index in [4.69, 9.17) is 18.6 Å². The molecule has 5 nitrogen and oxygen atoms in total. The number of aromatic nitrogens is 4. The van der Waals surface area contributed by atoms with Crippen molar-refractivity contribution < 1.29 is 22.1 Å². The summed E-state index contributed by atoms with van der Waals surface area (Å²) in [6, 6.07) is 6.77. The summed E-state index contributed by atoms with van der Waals surface area (Å²) in [7, 11) is 9.78. The van der Waals surface area contributed by atoms with E-state index in [1.54, 1.807) is 24.3 Å². The molecule has 2 rings (SSSR count). The van der Waals surface area contributed by atoms with Gasteiger partial charge in [-0.25, -0.2) is 0 Å². The number of tetrazole rings is 1. The molecule has 8 heteroatoms. The van der Waals surface area contributed by atoms with Crippen LogP contribution in [0.15, 0.2) is 24.3 Å². The molecule has 1 N–H and O–H groups in total. The van der Waals surface area contributed by atoms with Crippen molar-refractivity contribution in [2.24, 2.45) is 0 Å². The van der Waals surface area contributed by atoms with Gasteiger partial charge in [0.2, 0.25) is 0 Å². The zero-order chi connectivity index (χ0) is 11.1. The van der Waals surface area contributed by atoms with E-state index in [0.717, 1.165) is 0 Å². The van der Waals surface area contributed by atoms with Gasteiger partial charge in [-0.05, 0) is 6.07 Å². The Hall–Kier alpha value is -0.616. The van der Waals surface area contributed by atoms with Crippen LogP contribution in [0.1, 0.15) is 0 Å². The van der Waals surface area contributed by atoms with Crippen LogP contribution >= 0.6 is 18.6 Å². The molecule has 0 saturated heterocycles. The van der Waals surface area contributed by atoms with E-state index >= 15 is 0 Å². The van der Waals surface area contributed by atoms with E-state index in [9.17, 15) is 5.11 Å². The molecule has 0 spiro atoms. The minimum absolute atomic E-state index is 0.132. The maximum absolute atomic E-state index is 9.35. The number of nitrogens with zero attached hydrogens (tertiary/aromatic N) is 4. The van der Waals surface area contributed by atoms with Gasteiger partial charge in [0.25, 0.3) is 0 Å². The standard InChI is InChI=1S/C7H5N4O.2ClH.Ti/c12-6-4-2-1-3-5(6)7-8-10-11-9-7;;;/h1-4H,(H-,8,9,10,11,12);2*1H;/q-1;;;+2/p-2. The van der Waals surface area contributed by atoms with E-state index in [-0.39, 0.29) is 5.75 Å². The molecule has 1 heterocycles. The summed E-state index contributed by atoms with van der Waals surface area (Å²) in [4.78, 5) is 0. The summed E-state index contributed by atoms with van der Waals surface area (Å²) in [5.41, 5.74) is 0.544. The molecule has 0 radical (unpaired) electrons. The summed E-state index contributed by atoms with van der Waals surface area (Å²) in [6.07, 6.45) is 0. The normalized spacial score (nSPS) is 8.93. The second-order valence-electron chi connectivity index (χ2n) is 2.29. The number of hydrogen-bond donors (Lipinski definition) is 1. The van der Waals surface area contributed by atoms with E-state index in [1.165, 1.54) is 0 Å². The topological polar surface area (TPSA) is 73.0 Å². The number of rotatable bonds is 1. The van der Waals surface area contributed by atoms with Crippen LogP contribution in [0.2, 0.25) is 0 Å². The molecule has 0 unspecified atom stereocenters. The van der Waals surface area contributed by atoms with Crippen LogP contribution in [0, 0.1) is 0 Å². The maximum atomic E-state index is 9.35. The molecule has 0 aliphatic rings. The zero-order valence-electron chi connectivity index (χ0n) is 7.30. The second-order valence-corrected chi connectivity index (χ2v) is 4.87. The number of phenols is 1. The molecule has 0 aliphatic heterocycles. The molecule has 2 aromatic rings. The van der Waals surface area contributed by atoms with Crippen molar-refractivity contribution in [3.63, 3.8) is 0 Å². The summed E-state index contributed by atoms with van der Waals surface area (Å²) in [6.45, 7) is 0. The minimum atomic E-state index is -0.556. The van der Waals surface area contributed by atoms with Crippen LogP contribution in [0.3, 0.4) is 0 Å². The number of hydrogen-bond acceptors (Lipinski definition) is 4. The van der Waals surface area contributed by atoms with Crippen LogP contribution in [0.5, 0.6) is 5.75 Å². The summed E-state index contributed by atoms with van der Waals surface area (Å²) in [5.74, 6) is 0.473. The molecule has 1 aromatic heterocycles. The van der Waals surface area contributed by atoms with E-state index < -0.39 is 17.0 Å². The van der Waals surface area contributed by atoms with Crippen LogP contribution in [-0.2, 0) is 17.0 Å². The van der Waals surface area contributed by atoms with E-state index in [0.29, 0.717) is 11.4 Å². The first-order valence-corrected chi connectivity index (χ1v) is 8.02. The molecular weight excluding hydrogens is 275 g/mol. The van der Waals surface area contributed by atoms with Crippen molar-refractivity contribution in [1.82, 2.24) is 20.6 Å². The summed E-state index contributed by atoms with van der Waals surface area (Å²) >= 11 is -0.556. The SMILES string of the molecule is Oc1ccccc1-c1nnn[n-]1.[Cl][Ti][Cl]. The Bertz CT molecular complexity index is 398.